The van der Waals surface area contributed by atoms with E-state index in [1.54, 1.807) is 5.48 Å². The molecule has 1 heterocycles. The number of hydrogen-bond acceptors (Lipinski definition) is 4. The van der Waals surface area contributed by atoms with Crippen molar-refractivity contribution in [1.82, 2.24) is 15.0 Å². The van der Waals surface area contributed by atoms with E-state index in [1.165, 1.54) is 24.0 Å². The van der Waals surface area contributed by atoms with E-state index < -0.39 is 11.9 Å². The topological polar surface area (TPSA) is 93.2 Å². The molecule has 6 heteroatoms. The summed E-state index contributed by atoms with van der Waals surface area (Å²) in [6.07, 6.45) is 4.50. The fourth-order valence-electron chi connectivity index (χ4n) is 2.89. The molecule has 24 heavy (non-hydrogen) atoms. The van der Waals surface area contributed by atoms with Crippen molar-refractivity contribution in [2.45, 2.75) is 65.5 Å². The number of aromatic nitrogens is 2. The van der Waals surface area contributed by atoms with Crippen LogP contribution in [0.25, 0.3) is 11.0 Å². The van der Waals surface area contributed by atoms with Crippen LogP contribution in [0.2, 0.25) is 0 Å². The number of nitrogens with zero attached hydrogens (tertiary/aromatic N) is 2. The van der Waals surface area contributed by atoms with Crippen molar-refractivity contribution in [3.63, 3.8) is 0 Å². The molecular formula is C18H28N4O2. The normalized spacial score (nSPS) is 12.5. The van der Waals surface area contributed by atoms with Crippen molar-refractivity contribution in [1.29, 1.82) is 0 Å². The van der Waals surface area contributed by atoms with Gasteiger partial charge in [-0.1, -0.05) is 19.8 Å². The Morgan fingerprint density at radius 1 is 1.33 bits per heavy atom. The average Bonchev–Trinajstić information content (AvgIpc) is 2.89. The highest BCUT2D eigenvalue weighted by atomic mass is 16.5. The van der Waals surface area contributed by atoms with E-state index in [-0.39, 0.29) is 0 Å². The first-order valence-corrected chi connectivity index (χ1v) is 8.63. The third kappa shape index (κ3) is 4.13. The number of aryl methyl sites for hydroxylation is 4. The number of amides is 1. The Hall–Kier alpha value is -1.92. The van der Waals surface area contributed by atoms with E-state index in [2.05, 4.69) is 37.5 Å². The minimum atomic E-state index is -0.734. The lowest BCUT2D eigenvalue weighted by Gasteiger charge is -2.12. The molecule has 1 atom stereocenters. The number of nitrogens with two attached hydrogens (primary N) is 1. The molecule has 2 aromatic rings. The second kappa shape index (κ2) is 8.26. The molecule has 0 bridgehead atoms. The summed E-state index contributed by atoms with van der Waals surface area (Å²) in [5.41, 5.74) is 12.0. The zero-order chi connectivity index (χ0) is 17.7. The Morgan fingerprint density at radius 3 is 2.71 bits per heavy atom. The fourth-order valence-corrected chi connectivity index (χ4v) is 2.89. The van der Waals surface area contributed by atoms with E-state index >= 15 is 0 Å². The molecule has 0 aliphatic heterocycles. The van der Waals surface area contributed by atoms with Crippen LogP contribution in [-0.2, 0) is 17.8 Å². The highest BCUT2D eigenvalue weighted by Gasteiger charge is 2.16. The third-order valence-electron chi connectivity index (χ3n) is 4.55. The molecule has 2 rings (SSSR count). The Labute approximate surface area is 143 Å². The van der Waals surface area contributed by atoms with Crippen molar-refractivity contribution >= 4 is 16.9 Å². The van der Waals surface area contributed by atoms with Crippen LogP contribution in [0.1, 0.15) is 49.6 Å². The molecule has 0 saturated carbocycles. The SMILES string of the molecule is CCCCCn1c(CCC(N)C(=O)NO)nc2cc(C)c(C)cc21. The zero-order valence-electron chi connectivity index (χ0n) is 14.8. The van der Waals surface area contributed by atoms with Crippen LogP contribution in [-0.4, -0.2) is 26.7 Å². The summed E-state index contributed by atoms with van der Waals surface area (Å²) < 4.78 is 2.25. The van der Waals surface area contributed by atoms with Gasteiger partial charge in [0.2, 0.25) is 0 Å². The first-order chi connectivity index (χ1) is 11.5. The Bertz CT molecular complexity index is 709. The number of nitrogens with one attached hydrogen (secondary N) is 1. The molecular weight excluding hydrogens is 304 g/mol. The van der Waals surface area contributed by atoms with Crippen LogP contribution in [0.5, 0.6) is 0 Å². The average molecular weight is 332 g/mol. The van der Waals surface area contributed by atoms with Gasteiger partial charge in [-0.2, -0.15) is 0 Å². The number of carbonyl (C=O) groups excluding carboxylic acids is 1. The number of hydrogen-bond donors (Lipinski definition) is 3. The van der Waals surface area contributed by atoms with Gasteiger partial charge in [-0.05, 0) is 49.9 Å². The van der Waals surface area contributed by atoms with Crippen LogP contribution in [0.15, 0.2) is 12.1 Å². The van der Waals surface area contributed by atoms with E-state index in [9.17, 15) is 4.79 Å². The van der Waals surface area contributed by atoms with Crippen molar-refractivity contribution < 1.29 is 10.0 Å². The van der Waals surface area contributed by atoms with Gasteiger partial charge in [-0.15, -0.1) is 0 Å². The summed E-state index contributed by atoms with van der Waals surface area (Å²) in [5, 5.41) is 8.68. The minimum absolute atomic E-state index is 0.446. The highest BCUT2D eigenvalue weighted by molar-refractivity contribution is 5.80. The molecule has 0 spiro atoms. The van der Waals surface area contributed by atoms with Gasteiger partial charge in [0.25, 0.3) is 5.91 Å². The summed E-state index contributed by atoms with van der Waals surface area (Å²) in [4.78, 5) is 16.1. The number of unbranched alkanes of at least 4 members (excludes halogenated alkanes) is 2. The van der Waals surface area contributed by atoms with Crippen LogP contribution >= 0.6 is 0 Å². The molecule has 6 nitrogen and oxygen atoms in total. The molecule has 0 saturated heterocycles. The highest BCUT2D eigenvalue weighted by Crippen LogP contribution is 2.22. The van der Waals surface area contributed by atoms with Crippen molar-refractivity contribution in [3.05, 3.63) is 29.1 Å². The smallest absolute Gasteiger partial charge is 0.260 e. The number of imidazole rings is 1. The van der Waals surface area contributed by atoms with Crippen molar-refractivity contribution in [3.8, 4) is 0 Å². The van der Waals surface area contributed by atoms with Crippen molar-refractivity contribution in [2.75, 3.05) is 0 Å². The molecule has 1 amide bonds. The standard InChI is InChI=1S/C18H28N4O2/c1-4-5-6-9-22-16-11-13(3)12(2)10-15(16)20-17(22)8-7-14(19)18(23)21-24/h10-11,14,24H,4-9,19H2,1-3H3,(H,21,23). The summed E-state index contributed by atoms with van der Waals surface area (Å²) in [5.74, 6) is 0.391. The lowest BCUT2D eigenvalue weighted by atomic mass is 10.1. The Balaban J connectivity index is 2.29. The lowest BCUT2D eigenvalue weighted by Crippen LogP contribution is -2.39. The molecule has 0 fully saturated rings. The Morgan fingerprint density at radius 2 is 2.04 bits per heavy atom. The molecule has 4 N–H and O–H groups in total. The minimum Gasteiger partial charge on any atom is -0.328 e. The number of fused-ring (bicyclic) bond motifs is 1. The lowest BCUT2D eigenvalue weighted by molar-refractivity contribution is -0.130. The van der Waals surface area contributed by atoms with Crippen molar-refractivity contribution in [2.24, 2.45) is 5.73 Å². The van der Waals surface area contributed by atoms with Gasteiger partial charge in [0.05, 0.1) is 17.1 Å². The monoisotopic (exact) mass is 332 g/mol. The predicted molar refractivity (Wildman–Crippen MR) is 95.0 cm³/mol. The second-order valence-corrected chi connectivity index (χ2v) is 6.43. The van der Waals surface area contributed by atoms with Gasteiger partial charge in [-0.3, -0.25) is 10.0 Å². The van der Waals surface area contributed by atoms with Gasteiger partial charge < -0.3 is 10.3 Å². The predicted octanol–water partition coefficient (Wildman–Crippen LogP) is 2.61. The van der Waals surface area contributed by atoms with Gasteiger partial charge in [0.15, 0.2) is 0 Å². The van der Waals surface area contributed by atoms with E-state index in [4.69, 9.17) is 15.9 Å². The van der Waals surface area contributed by atoms with E-state index in [0.29, 0.717) is 12.8 Å². The number of hydroxylamine groups is 1. The van der Waals surface area contributed by atoms with Crippen LogP contribution < -0.4 is 11.2 Å². The quantitative estimate of drug-likeness (QED) is 0.393. The number of carbonyl (C=O) groups is 1. The molecule has 1 aromatic carbocycles. The second-order valence-electron chi connectivity index (χ2n) is 6.43. The van der Waals surface area contributed by atoms with Gasteiger partial charge in [0, 0.05) is 13.0 Å². The van der Waals surface area contributed by atoms with E-state index in [0.717, 1.165) is 29.8 Å². The fraction of sp³-hybridized carbons (Fsp3) is 0.556. The van der Waals surface area contributed by atoms with Crippen LogP contribution in [0.4, 0.5) is 0 Å². The number of benzene rings is 1. The molecule has 132 valence electrons. The first-order valence-electron chi connectivity index (χ1n) is 8.63. The summed E-state index contributed by atoms with van der Waals surface area (Å²) >= 11 is 0. The molecule has 0 aliphatic rings. The largest absolute Gasteiger partial charge is 0.328 e. The maximum atomic E-state index is 11.4. The van der Waals surface area contributed by atoms with Crippen LogP contribution in [0, 0.1) is 13.8 Å². The molecule has 0 aliphatic carbocycles. The number of rotatable bonds is 8. The third-order valence-corrected chi connectivity index (χ3v) is 4.55. The maximum Gasteiger partial charge on any atom is 0.260 e. The van der Waals surface area contributed by atoms with Gasteiger partial charge in [-0.25, -0.2) is 10.5 Å². The van der Waals surface area contributed by atoms with Gasteiger partial charge in [0.1, 0.15) is 5.82 Å². The summed E-state index contributed by atoms with van der Waals surface area (Å²) in [6.45, 7) is 7.31. The Kier molecular flexibility index (Phi) is 6.34. The maximum absolute atomic E-state index is 11.4. The summed E-state index contributed by atoms with van der Waals surface area (Å²) in [7, 11) is 0. The van der Waals surface area contributed by atoms with Gasteiger partial charge >= 0.3 is 0 Å². The zero-order valence-corrected chi connectivity index (χ0v) is 14.8. The first kappa shape index (κ1) is 18.4. The molecule has 1 aromatic heterocycles. The molecule has 0 radical (unpaired) electrons. The summed E-state index contributed by atoms with van der Waals surface area (Å²) in [6, 6.07) is 3.57. The molecule has 1 unspecified atom stereocenters. The van der Waals surface area contributed by atoms with E-state index in [1.807, 2.05) is 0 Å². The van der Waals surface area contributed by atoms with Crippen LogP contribution in [0.3, 0.4) is 0 Å².